The lowest BCUT2D eigenvalue weighted by Gasteiger charge is -2.41. The molecule has 0 N–H and O–H groups in total. The molecule has 0 radical (unpaired) electrons. The number of carbonyl (C=O) groups excluding carboxylic acids is 3. The molecule has 2 aliphatic rings. The highest BCUT2D eigenvalue weighted by Gasteiger charge is 2.37. The van der Waals surface area contributed by atoms with Crippen molar-refractivity contribution in [2.24, 2.45) is 0 Å². The van der Waals surface area contributed by atoms with Gasteiger partial charge in [0.2, 0.25) is 5.91 Å². The van der Waals surface area contributed by atoms with E-state index in [-0.39, 0.29) is 23.9 Å². The molecule has 2 aromatic carbocycles. The van der Waals surface area contributed by atoms with Crippen molar-refractivity contribution < 1.29 is 19.1 Å². The average Bonchev–Trinajstić information content (AvgIpc) is 3.38. The van der Waals surface area contributed by atoms with E-state index < -0.39 is 5.60 Å². The number of hydrogen-bond donors (Lipinski definition) is 0. The Kier molecular flexibility index (Phi) is 7.91. The van der Waals surface area contributed by atoms with Crippen LogP contribution < -0.4 is 5.01 Å². The molecule has 0 saturated carbocycles. The van der Waals surface area contributed by atoms with Gasteiger partial charge >= 0.3 is 6.09 Å². The van der Waals surface area contributed by atoms with Gasteiger partial charge < -0.3 is 14.5 Å². The van der Waals surface area contributed by atoms with Crippen molar-refractivity contribution in [3.05, 3.63) is 78.2 Å². The van der Waals surface area contributed by atoms with Crippen LogP contribution in [-0.2, 0) is 16.0 Å². The van der Waals surface area contributed by atoms with E-state index in [4.69, 9.17) is 4.74 Å². The fourth-order valence-electron chi connectivity index (χ4n) is 5.38. The summed E-state index contributed by atoms with van der Waals surface area (Å²) < 4.78 is 7.39. The van der Waals surface area contributed by atoms with Gasteiger partial charge in [0.15, 0.2) is 5.69 Å². The van der Waals surface area contributed by atoms with E-state index in [1.54, 1.807) is 20.9 Å². The zero-order valence-corrected chi connectivity index (χ0v) is 23.5. The first-order valence-electron chi connectivity index (χ1n) is 14.0. The minimum Gasteiger partial charge on any atom is -0.444 e. The van der Waals surface area contributed by atoms with Crippen LogP contribution in [0.25, 0.3) is 11.3 Å². The molecule has 0 spiro atoms. The molecular formula is C31H37N5O4. The lowest BCUT2D eigenvalue weighted by molar-refractivity contribution is -0.121. The molecule has 0 unspecified atom stereocenters. The summed E-state index contributed by atoms with van der Waals surface area (Å²) in [6.07, 6.45) is 4.02. The number of benzene rings is 2. The molecule has 2 aliphatic heterocycles. The summed E-state index contributed by atoms with van der Waals surface area (Å²) in [5.41, 5.74) is 2.18. The van der Waals surface area contributed by atoms with E-state index >= 15 is 0 Å². The van der Waals surface area contributed by atoms with Gasteiger partial charge in [-0.15, -0.1) is 0 Å². The van der Waals surface area contributed by atoms with E-state index in [0.717, 1.165) is 24.0 Å². The quantitative estimate of drug-likeness (QED) is 0.473. The van der Waals surface area contributed by atoms with Crippen LogP contribution in [0.1, 0.15) is 56.1 Å². The zero-order chi connectivity index (χ0) is 28.3. The number of nitrogens with zero attached hydrogens (tertiary/aromatic N) is 5. The number of carbonyl (C=O) groups is 3. The van der Waals surface area contributed by atoms with Crippen molar-refractivity contribution in [1.29, 1.82) is 0 Å². The summed E-state index contributed by atoms with van der Waals surface area (Å²) in [5.74, 6) is -0.195. The minimum atomic E-state index is -0.609. The predicted octanol–water partition coefficient (Wildman–Crippen LogP) is 4.50. The predicted molar refractivity (Wildman–Crippen MR) is 152 cm³/mol. The number of piperazine rings is 1. The molecule has 1 aromatic heterocycles. The van der Waals surface area contributed by atoms with E-state index in [0.29, 0.717) is 50.4 Å². The van der Waals surface area contributed by atoms with Crippen molar-refractivity contribution in [3.8, 4) is 11.3 Å². The second-order valence-corrected chi connectivity index (χ2v) is 11.4. The third-order valence-electron chi connectivity index (χ3n) is 7.27. The maximum absolute atomic E-state index is 14.3. The summed E-state index contributed by atoms with van der Waals surface area (Å²) in [5, 5.41) is 1.69. The number of piperidine rings is 1. The summed E-state index contributed by atoms with van der Waals surface area (Å²) >= 11 is 0. The molecular weight excluding hydrogens is 506 g/mol. The topological polar surface area (TPSA) is 88.0 Å². The highest BCUT2D eigenvalue weighted by Crippen LogP contribution is 2.28. The van der Waals surface area contributed by atoms with Gasteiger partial charge in [0, 0.05) is 38.2 Å². The molecule has 40 heavy (non-hydrogen) atoms. The first kappa shape index (κ1) is 27.4. The van der Waals surface area contributed by atoms with Gasteiger partial charge in [0.25, 0.3) is 5.91 Å². The fourth-order valence-corrected chi connectivity index (χ4v) is 5.38. The number of ether oxygens (including phenoxy) is 1. The van der Waals surface area contributed by atoms with Crippen molar-refractivity contribution in [3.63, 3.8) is 0 Å². The van der Waals surface area contributed by atoms with Crippen LogP contribution in [0.3, 0.4) is 0 Å². The Labute approximate surface area is 235 Å². The monoisotopic (exact) mass is 543 g/mol. The van der Waals surface area contributed by atoms with Crippen LogP contribution in [0.2, 0.25) is 0 Å². The molecule has 210 valence electrons. The van der Waals surface area contributed by atoms with Crippen molar-refractivity contribution in [2.45, 2.75) is 58.1 Å². The van der Waals surface area contributed by atoms with Crippen molar-refractivity contribution in [1.82, 2.24) is 19.5 Å². The molecule has 9 nitrogen and oxygen atoms in total. The molecule has 0 aliphatic carbocycles. The van der Waals surface area contributed by atoms with Gasteiger partial charge in [-0.3, -0.25) is 9.59 Å². The number of hydrogen-bond acceptors (Lipinski definition) is 5. The van der Waals surface area contributed by atoms with E-state index in [9.17, 15) is 14.4 Å². The van der Waals surface area contributed by atoms with Crippen LogP contribution in [0, 0.1) is 0 Å². The van der Waals surface area contributed by atoms with E-state index in [1.807, 2.05) is 86.3 Å². The van der Waals surface area contributed by atoms with Crippen LogP contribution >= 0.6 is 0 Å². The average molecular weight is 544 g/mol. The number of rotatable bonds is 5. The lowest BCUT2D eigenvalue weighted by atomic mass is 10.0. The van der Waals surface area contributed by atoms with Crippen LogP contribution in [0.15, 0.2) is 67.0 Å². The Hall–Kier alpha value is -4.14. The minimum absolute atomic E-state index is 0.0211. The molecule has 5 rings (SSSR count). The zero-order valence-electron chi connectivity index (χ0n) is 23.5. The maximum atomic E-state index is 14.3. The third-order valence-corrected chi connectivity index (χ3v) is 7.27. The van der Waals surface area contributed by atoms with Gasteiger partial charge in [-0.25, -0.2) is 19.5 Å². The van der Waals surface area contributed by atoms with Gasteiger partial charge in [-0.05, 0) is 45.6 Å². The molecule has 9 heteroatoms. The standard InChI is InChI=1S/C31H37N5O4/c1-31(2,3)40-30(39)33-18-19-34(25(21-33)20-23-12-6-4-7-13-23)29(38)27-28(24-14-8-5-9-15-24)36(22-32-27)35-17-11-10-16-26(35)37/h4-9,12-15,22,25H,10-11,16-21H2,1-3H3/t25-/m1/s1. The van der Waals surface area contributed by atoms with Crippen LogP contribution in [0.5, 0.6) is 0 Å². The highest BCUT2D eigenvalue weighted by atomic mass is 16.6. The SMILES string of the molecule is CC(C)(C)OC(=O)N1CCN(C(=O)c2ncn(N3CCCCC3=O)c2-c2ccccc2)[C@H](Cc2ccccc2)C1. The largest absolute Gasteiger partial charge is 0.444 e. The van der Waals surface area contributed by atoms with Gasteiger partial charge in [0.05, 0.1) is 6.04 Å². The Morgan fingerprint density at radius 2 is 1.65 bits per heavy atom. The second kappa shape index (κ2) is 11.5. The highest BCUT2D eigenvalue weighted by molar-refractivity contribution is 5.99. The Balaban J connectivity index is 1.49. The number of imidazole rings is 1. The first-order chi connectivity index (χ1) is 19.2. The molecule has 1 atom stereocenters. The summed E-state index contributed by atoms with van der Waals surface area (Å²) in [7, 11) is 0. The smallest absolute Gasteiger partial charge is 0.410 e. The molecule has 3 heterocycles. The fraction of sp³-hybridized carbons (Fsp3) is 0.419. The van der Waals surface area contributed by atoms with Gasteiger partial charge in [-0.1, -0.05) is 60.7 Å². The second-order valence-electron chi connectivity index (χ2n) is 11.4. The number of amides is 3. The van der Waals surface area contributed by atoms with Gasteiger partial charge in [-0.2, -0.15) is 0 Å². The van der Waals surface area contributed by atoms with Crippen LogP contribution in [0.4, 0.5) is 4.79 Å². The van der Waals surface area contributed by atoms with Crippen LogP contribution in [-0.4, -0.2) is 75.2 Å². The molecule has 2 saturated heterocycles. The molecule has 3 amide bonds. The Morgan fingerprint density at radius 3 is 2.33 bits per heavy atom. The summed E-state index contributed by atoms with van der Waals surface area (Å²) in [4.78, 5) is 48.2. The normalized spacial score (nSPS) is 18.1. The molecule has 0 bridgehead atoms. The lowest BCUT2D eigenvalue weighted by Crippen LogP contribution is -2.58. The van der Waals surface area contributed by atoms with Gasteiger partial charge in [0.1, 0.15) is 17.6 Å². The van der Waals surface area contributed by atoms with Crippen molar-refractivity contribution in [2.75, 3.05) is 31.2 Å². The molecule has 3 aromatic rings. The Morgan fingerprint density at radius 1 is 0.950 bits per heavy atom. The van der Waals surface area contributed by atoms with E-state index in [1.165, 1.54) is 0 Å². The molecule has 2 fully saturated rings. The number of aromatic nitrogens is 2. The summed E-state index contributed by atoms with van der Waals surface area (Å²) in [6.45, 7) is 7.18. The van der Waals surface area contributed by atoms with E-state index in [2.05, 4.69) is 4.98 Å². The van der Waals surface area contributed by atoms with Crippen molar-refractivity contribution >= 4 is 17.9 Å². The maximum Gasteiger partial charge on any atom is 0.410 e. The summed E-state index contributed by atoms with van der Waals surface area (Å²) in [6, 6.07) is 19.3. The first-order valence-corrected chi connectivity index (χ1v) is 14.0. The Bertz CT molecular complexity index is 1350. The third kappa shape index (κ3) is 6.03.